The van der Waals surface area contributed by atoms with Gasteiger partial charge >= 0.3 is 0 Å². The van der Waals surface area contributed by atoms with Crippen LogP contribution in [0.1, 0.15) is 18.9 Å². The number of Topliss-reactive ketones (excluding diaryl/α,β-unsaturated/α-hetero) is 1. The molecule has 1 aromatic carbocycles. The maximum Gasteiger partial charge on any atom is 0.136 e. The van der Waals surface area contributed by atoms with Crippen LogP contribution in [-0.2, 0) is 20.7 Å². The molecule has 4 nitrogen and oxygen atoms in total. The molecule has 0 fully saturated rings. The third-order valence-electron chi connectivity index (χ3n) is 2.81. The van der Waals surface area contributed by atoms with Gasteiger partial charge in [0.2, 0.25) is 0 Å². The summed E-state index contributed by atoms with van der Waals surface area (Å²) in [6, 6.07) is 7.65. The molecule has 1 rings (SSSR count). The van der Waals surface area contributed by atoms with Crippen LogP contribution in [0.3, 0.4) is 0 Å². The first kappa shape index (κ1) is 18.4. The number of ketones is 1. The molecule has 0 aliphatic carbocycles. The molecule has 0 atom stereocenters. The fourth-order valence-corrected chi connectivity index (χ4v) is 1.96. The number of ether oxygens (including phenoxy) is 3. The second-order valence-corrected chi connectivity index (χ2v) is 5.55. The second kappa shape index (κ2) is 11.9. The van der Waals surface area contributed by atoms with E-state index in [2.05, 4.69) is 22.6 Å². The van der Waals surface area contributed by atoms with Crippen LogP contribution in [0.25, 0.3) is 0 Å². The lowest BCUT2D eigenvalue weighted by atomic mass is 10.1. The number of hydrogen-bond donors (Lipinski definition) is 0. The predicted molar refractivity (Wildman–Crippen MR) is 91.5 cm³/mol. The van der Waals surface area contributed by atoms with Crippen molar-refractivity contribution >= 4 is 28.4 Å². The number of hydrogen-bond acceptors (Lipinski definition) is 4. The van der Waals surface area contributed by atoms with E-state index >= 15 is 0 Å². The molecule has 0 heterocycles. The number of benzene rings is 1. The van der Waals surface area contributed by atoms with Gasteiger partial charge in [-0.25, -0.2) is 0 Å². The van der Waals surface area contributed by atoms with Crippen LogP contribution in [0.15, 0.2) is 24.3 Å². The maximum atomic E-state index is 11.3. The molecule has 1 aromatic rings. The molecule has 21 heavy (non-hydrogen) atoms. The average Bonchev–Trinajstić information content (AvgIpc) is 2.51. The number of carbonyl (C=O) groups is 1. The summed E-state index contributed by atoms with van der Waals surface area (Å²) in [5.74, 6) is 1.05. The number of carbonyl (C=O) groups excluding carboxylic acids is 1. The minimum Gasteiger partial charge on any atom is -0.491 e. The minimum atomic E-state index is 0.252. The Bertz CT molecular complexity index is 392. The van der Waals surface area contributed by atoms with Crippen molar-refractivity contribution in [2.75, 3.05) is 37.5 Å². The zero-order valence-electron chi connectivity index (χ0n) is 12.5. The molecular formula is C16H23IO4. The van der Waals surface area contributed by atoms with Gasteiger partial charge in [0.15, 0.2) is 0 Å². The van der Waals surface area contributed by atoms with Gasteiger partial charge < -0.3 is 14.2 Å². The summed E-state index contributed by atoms with van der Waals surface area (Å²) < 4.78 is 17.3. The lowest BCUT2D eigenvalue weighted by molar-refractivity contribution is -0.118. The van der Waals surface area contributed by atoms with E-state index in [-0.39, 0.29) is 5.78 Å². The molecular weight excluding hydrogens is 383 g/mol. The Kier molecular flexibility index (Phi) is 10.5. The second-order valence-electron chi connectivity index (χ2n) is 4.48. The fraction of sp³-hybridized carbons (Fsp3) is 0.562. The highest BCUT2D eigenvalue weighted by Gasteiger charge is 2.01. The molecule has 5 heteroatoms. The molecule has 0 amide bonds. The van der Waals surface area contributed by atoms with Gasteiger partial charge in [-0.05, 0) is 17.7 Å². The van der Waals surface area contributed by atoms with Crippen LogP contribution >= 0.6 is 22.6 Å². The standard InChI is InChI=1S/C16H23IO4/c1-2-15(18)13-14-3-5-16(6-4-14)21-12-11-20-10-9-19-8-7-17/h3-6H,2,7-13H2,1H3. The summed E-state index contributed by atoms with van der Waals surface area (Å²) in [6.07, 6.45) is 1.08. The van der Waals surface area contributed by atoms with Gasteiger partial charge in [0.1, 0.15) is 18.1 Å². The van der Waals surface area contributed by atoms with Crippen molar-refractivity contribution in [3.8, 4) is 5.75 Å². The Hall–Kier alpha value is -0.660. The molecule has 0 bridgehead atoms. The third kappa shape index (κ3) is 9.06. The van der Waals surface area contributed by atoms with Crippen LogP contribution in [0.2, 0.25) is 0 Å². The lowest BCUT2D eigenvalue weighted by Gasteiger charge is -2.08. The van der Waals surface area contributed by atoms with Crippen molar-refractivity contribution in [1.82, 2.24) is 0 Å². The first-order valence-electron chi connectivity index (χ1n) is 7.21. The topological polar surface area (TPSA) is 44.8 Å². The zero-order valence-corrected chi connectivity index (χ0v) is 14.6. The molecule has 0 unspecified atom stereocenters. The normalized spacial score (nSPS) is 10.6. The van der Waals surface area contributed by atoms with E-state index < -0.39 is 0 Å². The molecule has 118 valence electrons. The van der Waals surface area contributed by atoms with E-state index in [0.29, 0.717) is 39.3 Å². The van der Waals surface area contributed by atoms with E-state index in [1.54, 1.807) is 0 Å². The molecule has 0 radical (unpaired) electrons. The summed E-state index contributed by atoms with van der Waals surface area (Å²) in [7, 11) is 0. The molecule has 0 aliphatic heterocycles. The molecule has 0 spiro atoms. The summed E-state index contributed by atoms with van der Waals surface area (Å²) in [5, 5.41) is 0. The molecule has 0 aliphatic rings. The third-order valence-corrected chi connectivity index (χ3v) is 3.25. The van der Waals surface area contributed by atoms with E-state index in [0.717, 1.165) is 22.3 Å². The Morgan fingerprint density at radius 1 is 1.00 bits per heavy atom. The average molecular weight is 406 g/mol. The number of alkyl halides is 1. The van der Waals surface area contributed by atoms with Gasteiger partial charge in [0.05, 0.1) is 26.4 Å². The Labute approximate surface area is 140 Å². The fourth-order valence-electron chi connectivity index (χ4n) is 1.65. The van der Waals surface area contributed by atoms with Gasteiger partial charge in [-0.15, -0.1) is 0 Å². The Morgan fingerprint density at radius 2 is 1.62 bits per heavy atom. The maximum absolute atomic E-state index is 11.3. The first-order chi connectivity index (χ1) is 10.3. The molecule has 0 saturated carbocycles. The van der Waals surface area contributed by atoms with Gasteiger partial charge in [-0.3, -0.25) is 4.79 Å². The summed E-state index contributed by atoms with van der Waals surface area (Å²) in [4.78, 5) is 11.3. The van der Waals surface area contributed by atoms with Gasteiger partial charge in [0, 0.05) is 17.3 Å². The Balaban J connectivity index is 2.11. The molecule has 0 aromatic heterocycles. The summed E-state index contributed by atoms with van der Waals surface area (Å²) >= 11 is 2.27. The quantitative estimate of drug-likeness (QED) is 0.304. The van der Waals surface area contributed by atoms with Crippen LogP contribution in [0, 0.1) is 0 Å². The molecule has 0 saturated heterocycles. The highest BCUT2D eigenvalue weighted by Crippen LogP contribution is 2.13. The van der Waals surface area contributed by atoms with Gasteiger partial charge in [0.25, 0.3) is 0 Å². The monoisotopic (exact) mass is 406 g/mol. The molecule has 0 N–H and O–H groups in total. The largest absolute Gasteiger partial charge is 0.491 e. The van der Waals surface area contributed by atoms with E-state index in [1.165, 1.54) is 0 Å². The van der Waals surface area contributed by atoms with Crippen molar-refractivity contribution in [1.29, 1.82) is 0 Å². The van der Waals surface area contributed by atoms with Crippen molar-refractivity contribution in [2.24, 2.45) is 0 Å². The highest BCUT2D eigenvalue weighted by molar-refractivity contribution is 14.1. The van der Waals surface area contributed by atoms with Crippen LogP contribution < -0.4 is 4.74 Å². The van der Waals surface area contributed by atoms with Gasteiger partial charge in [-0.2, -0.15) is 0 Å². The summed E-state index contributed by atoms with van der Waals surface area (Å²) in [6.45, 7) is 4.93. The van der Waals surface area contributed by atoms with Crippen molar-refractivity contribution in [3.63, 3.8) is 0 Å². The van der Waals surface area contributed by atoms with Crippen molar-refractivity contribution < 1.29 is 19.0 Å². The Morgan fingerprint density at radius 3 is 2.24 bits per heavy atom. The summed E-state index contributed by atoms with van der Waals surface area (Å²) in [5.41, 5.74) is 1.03. The highest BCUT2D eigenvalue weighted by atomic mass is 127. The van der Waals surface area contributed by atoms with Crippen LogP contribution in [-0.4, -0.2) is 43.2 Å². The lowest BCUT2D eigenvalue weighted by Crippen LogP contribution is -2.11. The SMILES string of the molecule is CCC(=O)Cc1ccc(OCCOCCOCCI)cc1. The number of rotatable bonds is 12. The van der Waals surface area contributed by atoms with E-state index in [4.69, 9.17) is 14.2 Å². The predicted octanol–water partition coefficient (Wildman–Crippen LogP) is 3.06. The van der Waals surface area contributed by atoms with Crippen molar-refractivity contribution in [2.45, 2.75) is 19.8 Å². The van der Waals surface area contributed by atoms with E-state index in [9.17, 15) is 4.79 Å². The minimum absolute atomic E-state index is 0.252. The van der Waals surface area contributed by atoms with E-state index in [1.807, 2.05) is 31.2 Å². The van der Waals surface area contributed by atoms with Crippen LogP contribution in [0.5, 0.6) is 5.75 Å². The zero-order chi connectivity index (χ0) is 15.3. The van der Waals surface area contributed by atoms with Gasteiger partial charge in [-0.1, -0.05) is 41.6 Å². The van der Waals surface area contributed by atoms with Crippen LogP contribution in [0.4, 0.5) is 0 Å². The smallest absolute Gasteiger partial charge is 0.136 e. The first-order valence-corrected chi connectivity index (χ1v) is 8.73. The van der Waals surface area contributed by atoms with Crippen molar-refractivity contribution in [3.05, 3.63) is 29.8 Å². The number of halogens is 1.